The largest absolute Gasteiger partial charge is 0.295 e. The van der Waals surface area contributed by atoms with Gasteiger partial charge in [-0.3, -0.25) is 9.89 Å². The van der Waals surface area contributed by atoms with Crippen LogP contribution in [0.3, 0.4) is 0 Å². The number of nitrogens with one attached hydrogen (secondary N) is 1. The maximum absolute atomic E-state index is 12.5. The summed E-state index contributed by atoms with van der Waals surface area (Å²) in [4.78, 5) is 20.8. The highest BCUT2D eigenvalue weighted by atomic mass is 79.9. The van der Waals surface area contributed by atoms with Crippen molar-refractivity contribution in [1.29, 1.82) is 0 Å². The second-order valence-electron chi connectivity index (χ2n) is 4.86. The van der Waals surface area contributed by atoms with Crippen LogP contribution < -0.4 is 5.56 Å². The number of halogens is 2. The van der Waals surface area contributed by atoms with Crippen molar-refractivity contribution in [3.05, 3.63) is 73.7 Å². The van der Waals surface area contributed by atoms with Gasteiger partial charge in [0.05, 0.1) is 16.3 Å². The van der Waals surface area contributed by atoms with E-state index >= 15 is 0 Å². The van der Waals surface area contributed by atoms with E-state index in [1.54, 1.807) is 12.1 Å². The van der Waals surface area contributed by atoms with Crippen LogP contribution in [0.25, 0.3) is 5.69 Å². The van der Waals surface area contributed by atoms with E-state index in [0.29, 0.717) is 16.4 Å². The molecule has 5 nitrogen and oxygen atoms in total. The Morgan fingerprint density at radius 3 is 2.65 bits per heavy atom. The topological polar surface area (TPSA) is 63.0 Å². The minimum Gasteiger partial charge on any atom is -0.295 e. The lowest BCUT2D eigenvalue weighted by Gasteiger charge is -2.00. The zero-order valence-corrected chi connectivity index (χ0v) is 14.5. The summed E-state index contributed by atoms with van der Waals surface area (Å²) in [6.45, 7) is 1.83. The zero-order chi connectivity index (χ0) is 16.4. The van der Waals surface area contributed by atoms with Gasteiger partial charge in [-0.2, -0.15) is 0 Å². The number of aromatic nitrogens is 3. The van der Waals surface area contributed by atoms with Crippen molar-refractivity contribution in [3.8, 4) is 5.69 Å². The van der Waals surface area contributed by atoms with Crippen molar-refractivity contribution in [3.63, 3.8) is 0 Å². The average molecular weight is 392 g/mol. The molecule has 3 aromatic rings. The van der Waals surface area contributed by atoms with Gasteiger partial charge in [-0.1, -0.05) is 27.5 Å². The standard InChI is InChI=1S/C16H12BrClN4O/c1-10-14(9-20-15-7-4-12(18)8-19-15)16(23)22(21-10)13-5-2-11(17)3-6-13/h2-9,21H,1H3. The zero-order valence-electron chi connectivity index (χ0n) is 12.1. The summed E-state index contributed by atoms with van der Waals surface area (Å²) in [5.74, 6) is 0.490. The van der Waals surface area contributed by atoms with Crippen LogP contribution in [-0.2, 0) is 0 Å². The van der Waals surface area contributed by atoms with Gasteiger partial charge in [-0.15, -0.1) is 0 Å². The number of rotatable bonds is 3. The number of nitrogens with zero attached hydrogens (tertiary/aromatic N) is 3. The van der Waals surface area contributed by atoms with E-state index in [0.717, 1.165) is 15.9 Å². The molecule has 0 saturated carbocycles. The monoisotopic (exact) mass is 390 g/mol. The lowest BCUT2D eigenvalue weighted by atomic mass is 10.3. The number of benzene rings is 1. The minimum absolute atomic E-state index is 0.164. The van der Waals surface area contributed by atoms with Crippen LogP contribution in [0.1, 0.15) is 11.3 Å². The Bertz CT molecular complexity index is 911. The fourth-order valence-corrected chi connectivity index (χ4v) is 2.43. The average Bonchev–Trinajstić information content (AvgIpc) is 2.82. The lowest BCUT2D eigenvalue weighted by Crippen LogP contribution is -2.17. The molecule has 0 atom stereocenters. The van der Waals surface area contributed by atoms with Crippen molar-refractivity contribution in [2.75, 3.05) is 0 Å². The molecule has 23 heavy (non-hydrogen) atoms. The highest BCUT2D eigenvalue weighted by molar-refractivity contribution is 9.10. The molecule has 0 aliphatic heterocycles. The predicted octanol–water partition coefficient (Wildman–Crippen LogP) is 4.04. The minimum atomic E-state index is -0.164. The van der Waals surface area contributed by atoms with Crippen LogP contribution in [0.5, 0.6) is 0 Å². The second kappa shape index (κ2) is 6.52. The molecule has 2 heterocycles. The highest BCUT2D eigenvalue weighted by Crippen LogP contribution is 2.14. The van der Waals surface area contributed by atoms with Gasteiger partial charge in [0.25, 0.3) is 5.56 Å². The number of hydrogen-bond acceptors (Lipinski definition) is 3. The summed E-state index contributed by atoms with van der Waals surface area (Å²) in [5, 5.41) is 3.59. The van der Waals surface area contributed by atoms with Gasteiger partial charge in [0.1, 0.15) is 0 Å². The highest BCUT2D eigenvalue weighted by Gasteiger charge is 2.10. The Kier molecular flexibility index (Phi) is 4.45. The Hall–Kier alpha value is -2.18. The molecule has 116 valence electrons. The summed E-state index contributed by atoms with van der Waals surface area (Å²) >= 11 is 9.16. The first kappa shape index (κ1) is 15.7. The molecule has 0 spiro atoms. The van der Waals surface area contributed by atoms with Crippen LogP contribution in [0.4, 0.5) is 5.82 Å². The maximum atomic E-state index is 12.5. The molecule has 7 heteroatoms. The van der Waals surface area contributed by atoms with Crippen molar-refractivity contribution in [1.82, 2.24) is 14.8 Å². The van der Waals surface area contributed by atoms with Crippen LogP contribution >= 0.6 is 27.5 Å². The third-order valence-corrected chi connectivity index (χ3v) is 3.99. The number of H-pyrrole nitrogens is 1. The van der Waals surface area contributed by atoms with E-state index in [2.05, 4.69) is 31.0 Å². The first-order valence-corrected chi connectivity index (χ1v) is 7.95. The van der Waals surface area contributed by atoms with Gasteiger partial charge in [-0.25, -0.2) is 14.7 Å². The van der Waals surface area contributed by atoms with Gasteiger partial charge in [-0.05, 0) is 43.3 Å². The van der Waals surface area contributed by atoms with Gasteiger partial charge < -0.3 is 0 Å². The molecule has 0 saturated heterocycles. The first-order valence-electron chi connectivity index (χ1n) is 6.78. The van der Waals surface area contributed by atoms with E-state index < -0.39 is 0 Å². The number of aliphatic imine (C=N–C) groups is 1. The van der Waals surface area contributed by atoms with Crippen LogP contribution in [-0.4, -0.2) is 21.0 Å². The van der Waals surface area contributed by atoms with Gasteiger partial charge in [0.15, 0.2) is 5.82 Å². The molecule has 0 aliphatic rings. The summed E-state index contributed by atoms with van der Waals surface area (Å²) in [6.07, 6.45) is 3.03. The molecule has 3 rings (SSSR count). The van der Waals surface area contributed by atoms with Crippen molar-refractivity contribution >= 4 is 39.6 Å². The number of aryl methyl sites for hydroxylation is 1. The molecule has 0 radical (unpaired) electrons. The molecular weight excluding hydrogens is 380 g/mol. The molecule has 0 bridgehead atoms. The van der Waals surface area contributed by atoms with E-state index in [1.807, 2.05) is 31.2 Å². The predicted molar refractivity (Wildman–Crippen MR) is 95.3 cm³/mol. The Morgan fingerprint density at radius 2 is 2.00 bits per heavy atom. The van der Waals surface area contributed by atoms with Crippen LogP contribution in [0.15, 0.2) is 56.9 Å². The fraction of sp³-hybridized carbons (Fsp3) is 0.0625. The molecule has 0 amide bonds. The lowest BCUT2D eigenvalue weighted by molar-refractivity contribution is 0.835. The Balaban J connectivity index is 1.96. The Morgan fingerprint density at radius 1 is 1.26 bits per heavy atom. The summed E-state index contributed by atoms with van der Waals surface area (Å²) in [5.41, 5.74) is 1.81. The summed E-state index contributed by atoms with van der Waals surface area (Å²) < 4.78 is 2.44. The van der Waals surface area contributed by atoms with Gasteiger partial charge >= 0.3 is 0 Å². The molecular formula is C16H12BrClN4O. The molecule has 1 N–H and O–H groups in total. The summed E-state index contributed by atoms with van der Waals surface area (Å²) in [6, 6.07) is 10.8. The Labute approximate surface area is 145 Å². The normalized spacial score (nSPS) is 11.3. The first-order chi connectivity index (χ1) is 11.0. The van der Waals surface area contributed by atoms with E-state index in [-0.39, 0.29) is 5.56 Å². The number of aromatic amines is 1. The molecule has 2 aromatic heterocycles. The van der Waals surface area contributed by atoms with Crippen molar-refractivity contribution in [2.24, 2.45) is 4.99 Å². The fourth-order valence-electron chi connectivity index (χ4n) is 2.06. The van der Waals surface area contributed by atoms with Crippen molar-refractivity contribution in [2.45, 2.75) is 6.92 Å². The quantitative estimate of drug-likeness (QED) is 0.685. The SMILES string of the molecule is Cc1[nH]n(-c2ccc(Br)cc2)c(=O)c1C=Nc1ccc(Cl)cn1. The number of pyridine rings is 1. The smallest absolute Gasteiger partial charge is 0.280 e. The van der Waals surface area contributed by atoms with Crippen LogP contribution in [0.2, 0.25) is 5.02 Å². The van der Waals surface area contributed by atoms with E-state index in [9.17, 15) is 4.79 Å². The van der Waals surface area contributed by atoms with Crippen LogP contribution in [0, 0.1) is 6.92 Å². The van der Waals surface area contributed by atoms with Gasteiger partial charge in [0, 0.05) is 22.6 Å². The molecule has 0 unspecified atom stereocenters. The number of hydrogen-bond donors (Lipinski definition) is 1. The molecule has 1 aromatic carbocycles. The third kappa shape index (κ3) is 3.43. The van der Waals surface area contributed by atoms with E-state index in [4.69, 9.17) is 11.6 Å². The summed E-state index contributed by atoms with van der Waals surface area (Å²) in [7, 11) is 0. The van der Waals surface area contributed by atoms with E-state index in [1.165, 1.54) is 17.1 Å². The third-order valence-electron chi connectivity index (χ3n) is 3.24. The second-order valence-corrected chi connectivity index (χ2v) is 6.21. The van der Waals surface area contributed by atoms with Gasteiger partial charge in [0.2, 0.25) is 0 Å². The van der Waals surface area contributed by atoms with Crippen molar-refractivity contribution < 1.29 is 0 Å². The maximum Gasteiger partial charge on any atom is 0.280 e. The molecule has 0 fully saturated rings. The molecule has 0 aliphatic carbocycles.